The molecular weight excluding hydrogens is 338 g/mol. The predicted molar refractivity (Wildman–Crippen MR) is 108 cm³/mol. The third kappa shape index (κ3) is 4.12. The number of aromatic amines is 1. The van der Waals surface area contributed by atoms with E-state index in [4.69, 9.17) is 0 Å². The molecule has 4 rings (SSSR count). The van der Waals surface area contributed by atoms with E-state index in [1.54, 1.807) is 6.33 Å². The first kappa shape index (κ1) is 17.9. The topological polar surface area (TPSA) is 68.3 Å². The SMILES string of the molecule is CN(Cc1ccccc1)CC(O)C1CCN(c2ncnc3[nH]ccc23)CC1. The number of piperidine rings is 1. The fourth-order valence-electron chi connectivity index (χ4n) is 4.03. The van der Waals surface area contributed by atoms with Crippen LogP contribution in [0.1, 0.15) is 18.4 Å². The Kier molecular flexibility index (Phi) is 5.36. The monoisotopic (exact) mass is 365 g/mol. The minimum Gasteiger partial charge on any atom is -0.392 e. The van der Waals surface area contributed by atoms with Gasteiger partial charge < -0.3 is 15.0 Å². The van der Waals surface area contributed by atoms with Crippen molar-refractivity contribution in [2.24, 2.45) is 5.92 Å². The van der Waals surface area contributed by atoms with Crippen molar-refractivity contribution >= 4 is 16.9 Å². The van der Waals surface area contributed by atoms with Gasteiger partial charge in [-0.3, -0.25) is 4.90 Å². The number of likely N-dealkylation sites (N-methyl/N-ethyl adjacent to an activating group) is 1. The lowest BCUT2D eigenvalue weighted by molar-refractivity contribution is 0.0590. The second-order valence-corrected chi connectivity index (χ2v) is 7.51. The van der Waals surface area contributed by atoms with Crippen molar-refractivity contribution in [1.82, 2.24) is 19.9 Å². The highest BCUT2D eigenvalue weighted by Crippen LogP contribution is 2.28. The van der Waals surface area contributed by atoms with Crippen LogP contribution in [-0.2, 0) is 6.54 Å². The maximum atomic E-state index is 10.7. The quantitative estimate of drug-likeness (QED) is 0.703. The van der Waals surface area contributed by atoms with Gasteiger partial charge in [0.15, 0.2) is 0 Å². The van der Waals surface area contributed by atoms with Gasteiger partial charge in [0.25, 0.3) is 0 Å². The largest absolute Gasteiger partial charge is 0.392 e. The Morgan fingerprint density at radius 2 is 1.96 bits per heavy atom. The molecule has 1 saturated heterocycles. The van der Waals surface area contributed by atoms with E-state index in [0.29, 0.717) is 12.5 Å². The van der Waals surface area contributed by atoms with Crippen molar-refractivity contribution in [2.45, 2.75) is 25.5 Å². The second kappa shape index (κ2) is 8.06. The maximum Gasteiger partial charge on any atom is 0.142 e. The Morgan fingerprint density at radius 1 is 1.19 bits per heavy atom. The third-order valence-electron chi connectivity index (χ3n) is 5.51. The van der Waals surface area contributed by atoms with Crippen LogP contribution in [0.15, 0.2) is 48.9 Å². The molecule has 1 unspecified atom stereocenters. The molecule has 2 aromatic heterocycles. The zero-order valence-electron chi connectivity index (χ0n) is 15.8. The van der Waals surface area contributed by atoms with Crippen LogP contribution in [0, 0.1) is 5.92 Å². The number of aliphatic hydroxyl groups is 1. The maximum absolute atomic E-state index is 10.7. The number of anilines is 1. The van der Waals surface area contributed by atoms with Gasteiger partial charge in [-0.25, -0.2) is 9.97 Å². The lowest BCUT2D eigenvalue weighted by atomic mass is 9.91. The summed E-state index contributed by atoms with van der Waals surface area (Å²) in [6.07, 6.45) is 5.20. The molecule has 1 atom stereocenters. The summed E-state index contributed by atoms with van der Waals surface area (Å²) in [5.74, 6) is 1.33. The smallest absolute Gasteiger partial charge is 0.142 e. The van der Waals surface area contributed by atoms with Gasteiger partial charge in [0.05, 0.1) is 11.5 Å². The molecule has 0 bridgehead atoms. The summed E-state index contributed by atoms with van der Waals surface area (Å²) < 4.78 is 0. The normalized spacial score (nSPS) is 16.9. The molecule has 0 radical (unpaired) electrons. The van der Waals surface area contributed by atoms with Gasteiger partial charge in [-0.2, -0.15) is 0 Å². The number of hydrogen-bond acceptors (Lipinski definition) is 5. The highest BCUT2D eigenvalue weighted by Gasteiger charge is 2.27. The summed E-state index contributed by atoms with van der Waals surface area (Å²) in [5, 5.41) is 11.8. The number of benzene rings is 1. The summed E-state index contributed by atoms with van der Waals surface area (Å²) in [6, 6.07) is 12.4. The van der Waals surface area contributed by atoms with Gasteiger partial charge in [-0.1, -0.05) is 30.3 Å². The first-order valence-electron chi connectivity index (χ1n) is 9.64. The Hall–Kier alpha value is -2.44. The lowest BCUT2D eigenvalue weighted by Gasteiger charge is -2.36. The summed E-state index contributed by atoms with van der Waals surface area (Å²) in [6.45, 7) is 3.40. The molecule has 1 aliphatic rings. The summed E-state index contributed by atoms with van der Waals surface area (Å²) in [5.41, 5.74) is 2.16. The summed E-state index contributed by atoms with van der Waals surface area (Å²) in [7, 11) is 2.08. The van der Waals surface area contributed by atoms with Gasteiger partial charge in [-0.05, 0) is 37.4 Å². The molecule has 27 heavy (non-hydrogen) atoms. The highest BCUT2D eigenvalue weighted by atomic mass is 16.3. The van der Waals surface area contributed by atoms with Crippen LogP contribution in [0.2, 0.25) is 0 Å². The van der Waals surface area contributed by atoms with Gasteiger partial charge in [0.2, 0.25) is 0 Å². The Labute approximate surface area is 159 Å². The molecule has 2 N–H and O–H groups in total. The van der Waals surface area contributed by atoms with E-state index in [-0.39, 0.29) is 6.10 Å². The van der Waals surface area contributed by atoms with Crippen molar-refractivity contribution in [1.29, 1.82) is 0 Å². The predicted octanol–water partition coefficient (Wildman–Crippen LogP) is 2.67. The van der Waals surface area contributed by atoms with Crippen LogP contribution < -0.4 is 4.90 Å². The second-order valence-electron chi connectivity index (χ2n) is 7.51. The molecule has 1 fully saturated rings. The molecule has 142 valence electrons. The number of rotatable bonds is 6. The number of nitrogens with zero attached hydrogens (tertiary/aromatic N) is 4. The molecule has 1 aromatic carbocycles. The van der Waals surface area contributed by atoms with Crippen molar-refractivity contribution in [3.63, 3.8) is 0 Å². The highest BCUT2D eigenvalue weighted by molar-refractivity contribution is 5.87. The summed E-state index contributed by atoms with van der Waals surface area (Å²) >= 11 is 0. The van der Waals surface area contributed by atoms with Crippen molar-refractivity contribution in [2.75, 3.05) is 31.6 Å². The molecule has 6 nitrogen and oxygen atoms in total. The van der Waals surface area contributed by atoms with E-state index < -0.39 is 0 Å². The molecular formula is C21H27N5O. The first-order valence-corrected chi connectivity index (χ1v) is 9.64. The van der Waals surface area contributed by atoms with Crippen LogP contribution in [0.25, 0.3) is 11.0 Å². The fourth-order valence-corrected chi connectivity index (χ4v) is 4.03. The third-order valence-corrected chi connectivity index (χ3v) is 5.51. The molecule has 0 aliphatic carbocycles. The molecule has 1 aliphatic heterocycles. The zero-order chi connectivity index (χ0) is 18.6. The van der Waals surface area contributed by atoms with Crippen LogP contribution >= 0.6 is 0 Å². The molecule has 6 heteroatoms. The number of H-pyrrole nitrogens is 1. The van der Waals surface area contributed by atoms with Crippen LogP contribution in [-0.4, -0.2) is 57.7 Å². The number of aromatic nitrogens is 3. The zero-order valence-corrected chi connectivity index (χ0v) is 15.8. The molecule has 3 aromatic rings. The Balaban J connectivity index is 1.31. The van der Waals surface area contributed by atoms with Crippen LogP contribution in [0.3, 0.4) is 0 Å². The fraction of sp³-hybridized carbons (Fsp3) is 0.429. The lowest BCUT2D eigenvalue weighted by Crippen LogP contribution is -2.42. The van der Waals surface area contributed by atoms with Gasteiger partial charge >= 0.3 is 0 Å². The van der Waals surface area contributed by atoms with Crippen molar-refractivity contribution in [3.8, 4) is 0 Å². The van der Waals surface area contributed by atoms with E-state index >= 15 is 0 Å². The van der Waals surface area contributed by atoms with Crippen molar-refractivity contribution in [3.05, 3.63) is 54.5 Å². The average Bonchev–Trinajstić information content (AvgIpc) is 3.17. The number of hydrogen-bond donors (Lipinski definition) is 2. The number of aliphatic hydroxyl groups excluding tert-OH is 1. The molecule has 0 amide bonds. The van der Waals surface area contributed by atoms with Crippen molar-refractivity contribution < 1.29 is 5.11 Å². The number of nitrogens with one attached hydrogen (secondary N) is 1. The number of fused-ring (bicyclic) bond motifs is 1. The van der Waals surface area contributed by atoms with E-state index in [1.807, 2.05) is 18.3 Å². The minimum atomic E-state index is -0.293. The first-order chi connectivity index (χ1) is 13.2. The van der Waals surface area contributed by atoms with E-state index in [9.17, 15) is 5.11 Å². The van der Waals surface area contributed by atoms with Crippen LogP contribution in [0.5, 0.6) is 0 Å². The Morgan fingerprint density at radius 3 is 2.74 bits per heavy atom. The average molecular weight is 365 g/mol. The standard InChI is InChI=1S/C21H27N5O/c1-25(13-16-5-3-2-4-6-16)14-19(27)17-8-11-26(12-9-17)21-18-7-10-22-20(18)23-15-24-21/h2-7,10,15,17,19,27H,8-9,11-14H2,1H3,(H,22,23,24). The van der Waals surface area contributed by atoms with Gasteiger partial charge in [-0.15, -0.1) is 0 Å². The molecule has 3 heterocycles. The van der Waals surface area contributed by atoms with Gasteiger partial charge in [0, 0.05) is 32.4 Å². The molecule has 0 spiro atoms. The van der Waals surface area contributed by atoms with Crippen LogP contribution in [0.4, 0.5) is 5.82 Å². The molecule has 0 saturated carbocycles. The van der Waals surface area contributed by atoms with E-state index in [0.717, 1.165) is 49.3 Å². The van der Waals surface area contributed by atoms with E-state index in [1.165, 1.54) is 5.56 Å². The Bertz CT molecular complexity index is 857. The summed E-state index contributed by atoms with van der Waals surface area (Å²) in [4.78, 5) is 16.4. The van der Waals surface area contributed by atoms with Gasteiger partial charge in [0.1, 0.15) is 17.8 Å². The minimum absolute atomic E-state index is 0.293. The van der Waals surface area contributed by atoms with E-state index in [2.05, 4.69) is 56.1 Å².